The van der Waals surface area contributed by atoms with E-state index in [1.54, 1.807) is 22.9 Å². The highest BCUT2D eigenvalue weighted by Gasteiger charge is 2.23. The molecule has 0 saturated heterocycles. The number of nitrogens with zero attached hydrogens (tertiary/aromatic N) is 3. The second-order valence-electron chi connectivity index (χ2n) is 4.24. The first-order valence-electron chi connectivity index (χ1n) is 5.69. The van der Waals surface area contributed by atoms with Crippen LogP contribution in [0.4, 0.5) is 11.5 Å². The van der Waals surface area contributed by atoms with Crippen LogP contribution in [0.1, 0.15) is 10.4 Å². The molecule has 0 radical (unpaired) electrons. The molecule has 1 aromatic carbocycles. The second-order valence-corrected chi connectivity index (χ2v) is 4.57. The first-order valence-corrected chi connectivity index (χ1v) is 6.07. The van der Waals surface area contributed by atoms with Gasteiger partial charge in [-0.2, -0.15) is 4.98 Å². The summed E-state index contributed by atoms with van der Waals surface area (Å²) in [5, 5.41) is 3.30. The van der Waals surface area contributed by atoms with E-state index in [1.165, 1.54) is 0 Å². The third kappa shape index (κ3) is 1.39. The molecule has 0 unspecified atom stereocenters. The minimum absolute atomic E-state index is 0.109. The van der Waals surface area contributed by atoms with Crippen molar-refractivity contribution in [1.82, 2.24) is 14.5 Å². The van der Waals surface area contributed by atoms with E-state index in [-0.39, 0.29) is 11.2 Å². The number of fused-ring (bicyclic) bond motifs is 1. The lowest BCUT2D eigenvalue weighted by molar-refractivity contribution is 0.0966. The maximum atomic E-state index is 12.5. The van der Waals surface area contributed by atoms with Gasteiger partial charge in [-0.1, -0.05) is 12.1 Å². The maximum absolute atomic E-state index is 12.5. The van der Waals surface area contributed by atoms with Crippen molar-refractivity contribution < 1.29 is 4.79 Å². The number of carbonyl (C=O) groups is 1. The summed E-state index contributed by atoms with van der Waals surface area (Å²) in [6, 6.07) is 9.05. The molecule has 0 spiro atoms. The summed E-state index contributed by atoms with van der Waals surface area (Å²) < 4.78 is 1.54. The average Bonchev–Trinajstić information content (AvgIpc) is 2.77. The summed E-state index contributed by atoms with van der Waals surface area (Å²) in [5.74, 6) is 0.432. The van der Waals surface area contributed by atoms with Crippen molar-refractivity contribution in [3.63, 3.8) is 0 Å². The topological polar surface area (TPSA) is 59.8 Å². The Balaban J connectivity index is 2.14. The van der Waals surface area contributed by atoms with Crippen LogP contribution in [0.5, 0.6) is 0 Å². The van der Waals surface area contributed by atoms with Crippen molar-refractivity contribution in [1.29, 1.82) is 0 Å². The lowest BCUT2D eigenvalue weighted by Gasteiger charge is -2.06. The Bertz CT molecular complexity index is 840. The summed E-state index contributed by atoms with van der Waals surface area (Å²) in [5.41, 5.74) is 2.59. The molecule has 5 nitrogen and oxygen atoms in total. The Kier molecular flexibility index (Phi) is 1.97. The molecule has 3 heterocycles. The van der Waals surface area contributed by atoms with E-state index < -0.39 is 0 Å². The van der Waals surface area contributed by atoms with Gasteiger partial charge in [0, 0.05) is 6.20 Å². The third-order valence-electron chi connectivity index (χ3n) is 3.14. The SMILES string of the molecule is O=C1c2ccccc2Nc2nc(Cl)nc3ccn1c23. The number of hydrogen-bond acceptors (Lipinski definition) is 4. The smallest absolute Gasteiger partial charge is 0.264 e. The van der Waals surface area contributed by atoms with E-state index in [1.807, 2.05) is 18.2 Å². The Morgan fingerprint density at radius 3 is 2.89 bits per heavy atom. The number of halogens is 1. The van der Waals surface area contributed by atoms with Crippen molar-refractivity contribution in [2.45, 2.75) is 0 Å². The number of hydrogen-bond donors (Lipinski definition) is 1. The van der Waals surface area contributed by atoms with Crippen molar-refractivity contribution >= 4 is 40.0 Å². The molecular weight excluding hydrogens is 264 g/mol. The lowest BCUT2D eigenvalue weighted by atomic mass is 10.1. The molecule has 0 fully saturated rings. The lowest BCUT2D eigenvalue weighted by Crippen LogP contribution is -2.09. The first-order chi connectivity index (χ1) is 9.24. The van der Waals surface area contributed by atoms with Crippen LogP contribution in [0.15, 0.2) is 36.5 Å². The van der Waals surface area contributed by atoms with E-state index in [9.17, 15) is 4.79 Å². The molecule has 3 aromatic rings. The molecule has 0 saturated carbocycles. The maximum Gasteiger partial charge on any atom is 0.264 e. The van der Waals surface area contributed by atoms with E-state index >= 15 is 0 Å². The molecule has 4 rings (SSSR count). The van der Waals surface area contributed by atoms with Crippen LogP contribution in [0, 0.1) is 0 Å². The summed E-state index contributed by atoms with van der Waals surface area (Å²) in [7, 11) is 0. The number of carbonyl (C=O) groups excluding carboxylic acids is 1. The molecule has 92 valence electrons. The normalized spacial score (nSPS) is 13.0. The minimum Gasteiger partial charge on any atom is -0.338 e. The van der Waals surface area contributed by atoms with Crippen LogP contribution in [-0.4, -0.2) is 20.4 Å². The Labute approximate surface area is 112 Å². The van der Waals surface area contributed by atoms with Gasteiger partial charge in [0.2, 0.25) is 5.28 Å². The summed E-state index contributed by atoms with van der Waals surface area (Å²) in [6.45, 7) is 0. The van der Waals surface area contributed by atoms with E-state index in [4.69, 9.17) is 11.6 Å². The minimum atomic E-state index is -0.109. The number of rotatable bonds is 0. The quantitative estimate of drug-likeness (QED) is 0.499. The zero-order chi connectivity index (χ0) is 13.0. The Hall–Kier alpha value is -2.40. The van der Waals surface area contributed by atoms with Crippen molar-refractivity contribution in [2.75, 3.05) is 5.32 Å². The van der Waals surface area contributed by atoms with Crippen LogP contribution >= 0.6 is 11.6 Å². The fourth-order valence-electron chi connectivity index (χ4n) is 2.31. The number of benzene rings is 1. The molecule has 2 aromatic heterocycles. The monoisotopic (exact) mass is 270 g/mol. The molecule has 0 atom stereocenters. The van der Waals surface area contributed by atoms with Gasteiger partial charge >= 0.3 is 0 Å². The van der Waals surface area contributed by atoms with E-state index in [0.29, 0.717) is 28.1 Å². The second kappa shape index (κ2) is 3.55. The van der Waals surface area contributed by atoms with E-state index in [0.717, 1.165) is 0 Å². The molecule has 0 aliphatic carbocycles. The summed E-state index contributed by atoms with van der Waals surface area (Å²) in [4.78, 5) is 20.8. The first kappa shape index (κ1) is 10.5. The zero-order valence-corrected chi connectivity index (χ0v) is 10.3. The zero-order valence-electron chi connectivity index (χ0n) is 9.59. The van der Waals surface area contributed by atoms with Gasteiger partial charge in [0.25, 0.3) is 5.91 Å². The third-order valence-corrected chi connectivity index (χ3v) is 3.30. The molecule has 1 N–H and O–H groups in total. The molecule has 0 amide bonds. The highest BCUT2D eigenvalue weighted by Crippen LogP contribution is 2.31. The fourth-order valence-corrected chi connectivity index (χ4v) is 2.49. The molecule has 6 heteroatoms. The number of aromatic nitrogens is 3. The van der Waals surface area contributed by atoms with Crippen LogP contribution < -0.4 is 5.32 Å². The van der Waals surface area contributed by atoms with Gasteiger partial charge in [-0.15, -0.1) is 0 Å². The summed E-state index contributed by atoms with van der Waals surface area (Å²) in [6.07, 6.45) is 1.69. The molecule has 1 aliphatic rings. The van der Waals surface area contributed by atoms with E-state index in [2.05, 4.69) is 15.3 Å². The highest BCUT2D eigenvalue weighted by molar-refractivity contribution is 6.29. The van der Waals surface area contributed by atoms with Crippen molar-refractivity contribution in [3.8, 4) is 0 Å². The van der Waals surface area contributed by atoms with Crippen LogP contribution in [0.2, 0.25) is 5.28 Å². The Morgan fingerprint density at radius 2 is 2.00 bits per heavy atom. The molecule has 19 heavy (non-hydrogen) atoms. The average molecular weight is 271 g/mol. The van der Waals surface area contributed by atoms with Gasteiger partial charge in [-0.25, -0.2) is 4.98 Å². The van der Waals surface area contributed by atoms with Crippen molar-refractivity contribution in [3.05, 3.63) is 47.4 Å². The van der Waals surface area contributed by atoms with Gasteiger partial charge < -0.3 is 5.32 Å². The largest absolute Gasteiger partial charge is 0.338 e. The predicted molar refractivity (Wildman–Crippen MR) is 72.0 cm³/mol. The van der Waals surface area contributed by atoms with Gasteiger partial charge in [-0.05, 0) is 29.8 Å². The predicted octanol–water partition coefficient (Wildman–Crippen LogP) is 2.83. The van der Waals surface area contributed by atoms with Crippen LogP contribution in [0.3, 0.4) is 0 Å². The van der Waals surface area contributed by atoms with Crippen LogP contribution in [-0.2, 0) is 0 Å². The number of nitrogens with one attached hydrogen (secondary N) is 1. The number of anilines is 2. The highest BCUT2D eigenvalue weighted by atomic mass is 35.5. The standard InChI is InChI=1S/C13H7ClN4O/c14-13-16-9-5-6-18-10(9)11(17-13)15-8-4-2-1-3-7(8)12(18)19/h1-6H,(H,15,16,17). The van der Waals surface area contributed by atoms with Gasteiger partial charge in [0.15, 0.2) is 5.82 Å². The van der Waals surface area contributed by atoms with Crippen molar-refractivity contribution in [2.24, 2.45) is 0 Å². The fraction of sp³-hybridized carbons (Fsp3) is 0. The van der Waals surface area contributed by atoms with Gasteiger partial charge in [0.1, 0.15) is 5.52 Å². The Morgan fingerprint density at radius 1 is 1.16 bits per heavy atom. The summed E-state index contributed by atoms with van der Waals surface area (Å²) >= 11 is 5.90. The molecular formula is C13H7ClN4O. The molecule has 0 bridgehead atoms. The number of para-hydroxylation sites is 1. The van der Waals surface area contributed by atoms with Gasteiger partial charge in [0.05, 0.1) is 16.8 Å². The van der Waals surface area contributed by atoms with Crippen LogP contribution in [0.25, 0.3) is 11.0 Å². The van der Waals surface area contributed by atoms with Gasteiger partial charge in [-0.3, -0.25) is 9.36 Å². The molecule has 1 aliphatic heterocycles.